The number of aryl methyl sites for hydroxylation is 1. The van der Waals surface area contributed by atoms with E-state index in [9.17, 15) is 5.11 Å². The zero-order valence-corrected chi connectivity index (χ0v) is 11.9. The molecule has 0 aliphatic rings. The van der Waals surface area contributed by atoms with Crippen LogP contribution in [0, 0.1) is 18.3 Å². The number of nitrogens with zero attached hydrogens (tertiary/aromatic N) is 2. The molecular formula is C18H16N2O. The molecule has 3 heteroatoms. The van der Waals surface area contributed by atoms with Gasteiger partial charge in [-0.1, -0.05) is 24.3 Å². The van der Waals surface area contributed by atoms with Crippen LogP contribution in [-0.2, 0) is 13.2 Å². The van der Waals surface area contributed by atoms with E-state index in [1.807, 2.05) is 43.5 Å². The van der Waals surface area contributed by atoms with Crippen molar-refractivity contribution in [1.29, 1.82) is 5.26 Å². The van der Waals surface area contributed by atoms with Gasteiger partial charge in [0.15, 0.2) is 0 Å². The zero-order valence-electron chi connectivity index (χ0n) is 11.9. The number of aliphatic hydroxyl groups is 1. The van der Waals surface area contributed by atoms with Crippen molar-refractivity contribution >= 4 is 10.9 Å². The van der Waals surface area contributed by atoms with E-state index in [2.05, 4.69) is 22.8 Å². The monoisotopic (exact) mass is 276 g/mol. The number of aromatic nitrogens is 1. The maximum absolute atomic E-state index is 9.52. The molecule has 0 saturated heterocycles. The predicted molar refractivity (Wildman–Crippen MR) is 82.9 cm³/mol. The summed E-state index contributed by atoms with van der Waals surface area (Å²) in [6, 6.07) is 15.9. The molecule has 3 aromatic rings. The number of nitriles is 1. The van der Waals surface area contributed by atoms with Crippen molar-refractivity contribution in [1.82, 2.24) is 4.57 Å². The molecule has 0 aliphatic carbocycles. The van der Waals surface area contributed by atoms with Gasteiger partial charge < -0.3 is 9.67 Å². The number of rotatable bonds is 3. The zero-order chi connectivity index (χ0) is 14.8. The summed E-state index contributed by atoms with van der Waals surface area (Å²) < 4.78 is 2.15. The van der Waals surface area contributed by atoms with Crippen molar-refractivity contribution in [2.75, 3.05) is 0 Å². The van der Waals surface area contributed by atoms with Crippen molar-refractivity contribution in [3.05, 3.63) is 70.9 Å². The van der Waals surface area contributed by atoms with Gasteiger partial charge in [-0.05, 0) is 41.6 Å². The molecule has 0 unspecified atom stereocenters. The van der Waals surface area contributed by atoms with E-state index in [-0.39, 0.29) is 6.61 Å². The number of hydrogen-bond acceptors (Lipinski definition) is 2. The largest absolute Gasteiger partial charge is 0.392 e. The summed E-state index contributed by atoms with van der Waals surface area (Å²) in [5.74, 6) is 0. The average molecular weight is 276 g/mol. The van der Waals surface area contributed by atoms with E-state index >= 15 is 0 Å². The summed E-state index contributed by atoms with van der Waals surface area (Å²) in [4.78, 5) is 0. The van der Waals surface area contributed by atoms with Gasteiger partial charge in [-0.3, -0.25) is 0 Å². The third kappa shape index (κ3) is 2.42. The lowest BCUT2D eigenvalue weighted by molar-refractivity contribution is 0.283. The Morgan fingerprint density at radius 1 is 1.14 bits per heavy atom. The Kier molecular flexibility index (Phi) is 3.47. The molecule has 0 bridgehead atoms. The summed E-state index contributed by atoms with van der Waals surface area (Å²) >= 11 is 0. The van der Waals surface area contributed by atoms with Crippen molar-refractivity contribution in [3.8, 4) is 6.07 Å². The van der Waals surface area contributed by atoms with Gasteiger partial charge in [0.2, 0.25) is 0 Å². The minimum atomic E-state index is 0.0354. The standard InChI is InChI=1S/C18H16N2O/c1-13-9-14(10-19)5-6-16(13)11-20-8-7-15-3-2-4-17(12-21)18(15)20/h2-9,21H,11-12H2,1H3. The van der Waals surface area contributed by atoms with Crippen LogP contribution in [-0.4, -0.2) is 9.67 Å². The first-order chi connectivity index (χ1) is 10.2. The topological polar surface area (TPSA) is 49.0 Å². The van der Waals surface area contributed by atoms with Crippen LogP contribution >= 0.6 is 0 Å². The maximum atomic E-state index is 9.52. The number of para-hydroxylation sites is 1. The fourth-order valence-corrected chi connectivity index (χ4v) is 2.73. The average Bonchev–Trinajstić information content (AvgIpc) is 2.92. The molecule has 1 aromatic heterocycles. The summed E-state index contributed by atoms with van der Waals surface area (Å²) in [5, 5.41) is 19.6. The number of aliphatic hydroxyl groups excluding tert-OH is 1. The van der Waals surface area contributed by atoms with E-state index in [1.54, 1.807) is 0 Å². The highest BCUT2D eigenvalue weighted by molar-refractivity contribution is 5.83. The molecule has 2 aromatic carbocycles. The van der Waals surface area contributed by atoms with Crippen molar-refractivity contribution in [2.24, 2.45) is 0 Å². The molecule has 0 amide bonds. The summed E-state index contributed by atoms with van der Waals surface area (Å²) in [6.45, 7) is 2.79. The van der Waals surface area contributed by atoms with Gasteiger partial charge >= 0.3 is 0 Å². The molecule has 104 valence electrons. The molecule has 3 nitrogen and oxygen atoms in total. The Morgan fingerprint density at radius 3 is 2.71 bits per heavy atom. The van der Waals surface area contributed by atoms with Crippen molar-refractivity contribution in [3.63, 3.8) is 0 Å². The first-order valence-electron chi connectivity index (χ1n) is 6.90. The molecular weight excluding hydrogens is 260 g/mol. The molecule has 21 heavy (non-hydrogen) atoms. The van der Waals surface area contributed by atoms with Crippen LogP contribution in [0.5, 0.6) is 0 Å². The summed E-state index contributed by atoms with van der Waals surface area (Å²) in [5.41, 5.74) is 4.98. The smallest absolute Gasteiger partial charge is 0.0991 e. The SMILES string of the molecule is Cc1cc(C#N)ccc1Cn1ccc2cccc(CO)c21. The fraction of sp³-hybridized carbons (Fsp3) is 0.167. The van der Waals surface area contributed by atoms with Crippen LogP contribution in [0.1, 0.15) is 22.3 Å². The number of benzene rings is 2. The molecule has 0 aliphatic heterocycles. The van der Waals surface area contributed by atoms with Gasteiger partial charge in [0.05, 0.1) is 23.8 Å². The van der Waals surface area contributed by atoms with Gasteiger partial charge in [0.25, 0.3) is 0 Å². The first-order valence-corrected chi connectivity index (χ1v) is 6.90. The second-order valence-electron chi connectivity index (χ2n) is 5.21. The second-order valence-corrected chi connectivity index (χ2v) is 5.21. The lowest BCUT2D eigenvalue weighted by Crippen LogP contribution is -2.02. The third-order valence-electron chi connectivity index (χ3n) is 3.85. The van der Waals surface area contributed by atoms with Crippen LogP contribution in [0.15, 0.2) is 48.7 Å². The quantitative estimate of drug-likeness (QED) is 0.797. The Morgan fingerprint density at radius 2 is 2.00 bits per heavy atom. The maximum Gasteiger partial charge on any atom is 0.0991 e. The van der Waals surface area contributed by atoms with Crippen LogP contribution < -0.4 is 0 Å². The molecule has 0 radical (unpaired) electrons. The van der Waals surface area contributed by atoms with Gasteiger partial charge in [-0.15, -0.1) is 0 Å². The molecule has 3 rings (SSSR count). The Bertz CT molecular complexity index is 840. The van der Waals surface area contributed by atoms with Crippen molar-refractivity contribution < 1.29 is 5.11 Å². The van der Waals surface area contributed by atoms with E-state index in [1.165, 1.54) is 5.56 Å². The van der Waals surface area contributed by atoms with Gasteiger partial charge in [-0.25, -0.2) is 0 Å². The highest BCUT2D eigenvalue weighted by atomic mass is 16.3. The normalized spacial score (nSPS) is 10.7. The number of hydrogen-bond donors (Lipinski definition) is 1. The lowest BCUT2D eigenvalue weighted by atomic mass is 10.1. The van der Waals surface area contributed by atoms with Crippen LogP contribution in [0.3, 0.4) is 0 Å². The Hall–Kier alpha value is -2.57. The van der Waals surface area contributed by atoms with E-state index in [0.717, 1.165) is 28.6 Å². The minimum Gasteiger partial charge on any atom is -0.392 e. The van der Waals surface area contributed by atoms with Gasteiger partial charge in [0.1, 0.15) is 0 Å². The Labute approximate surface area is 123 Å². The third-order valence-corrected chi connectivity index (χ3v) is 3.85. The molecule has 0 saturated carbocycles. The molecule has 0 spiro atoms. The second kappa shape index (κ2) is 5.43. The van der Waals surface area contributed by atoms with Gasteiger partial charge in [0, 0.05) is 18.3 Å². The van der Waals surface area contributed by atoms with Gasteiger partial charge in [-0.2, -0.15) is 5.26 Å². The fourth-order valence-electron chi connectivity index (χ4n) is 2.73. The summed E-state index contributed by atoms with van der Waals surface area (Å²) in [6.07, 6.45) is 2.04. The Balaban J connectivity index is 2.05. The van der Waals surface area contributed by atoms with Crippen LogP contribution in [0.2, 0.25) is 0 Å². The van der Waals surface area contributed by atoms with Crippen LogP contribution in [0.4, 0.5) is 0 Å². The number of fused-ring (bicyclic) bond motifs is 1. The lowest BCUT2D eigenvalue weighted by Gasteiger charge is -2.11. The van der Waals surface area contributed by atoms with E-state index in [0.29, 0.717) is 5.56 Å². The molecule has 0 fully saturated rings. The minimum absolute atomic E-state index is 0.0354. The van der Waals surface area contributed by atoms with Crippen LogP contribution in [0.25, 0.3) is 10.9 Å². The highest BCUT2D eigenvalue weighted by Crippen LogP contribution is 2.22. The first kappa shape index (κ1) is 13.4. The predicted octanol–water partition coefficient (Wildman–Crippen LogP) is 3.36. The van der Waals surface area contributed by atoms with Crippen molar-refractivity contribution in [2.45, 2.75) is 20.1 Å². The summed E-state index contributed by atoms with van der Waals surface area (Å²) in [7, 11) is 0. The molecule has 0 atom stereocenters. The van der Waals surface area contributed by atoms with E-state index in [4.69, 9.17) is 5.26 Å². The highest BCUT2D eigenvalue weighted by Gasteiger charge is 2.08. The molecule has 1 heterocycles. The van der Waals surface area contributed by atoms with E-state index < -0.39 is 0 Å². The molecule has 1 N–H and O–H groups in total.